The van der Waals surface area contributed by atoms with Crippen molar-refractivity contribution in [3.8, 4) is 5.75 Å². The lowest BCUT2D eigenvalue weighted by Crippen LogP contribution is -2.38. The highest BCUT2D eigenvalue weighted by Gasteiger charge is 2.11. The monoisotopic (exact) mass is 339 g/mol. The first-order valence-corrected chi connectivity index (χ1v) is 7.83. The summed E-state index contributed by atoms with van der Waals surface area (Å²) in [6.45, 7) is 2.19. The zero-order chi connectivity index (χ0) is 17.8. The van der Waals surface area contributed by atoms with E-state index in [1.54, 1.807) is 48.5 Å². The summed E-state index contributed by atoms with van der Waals surface area (Å²) in [6, 6.07) is 13.7. The topological polar surface area (TPSA) is 93.2 Å². The van der Waals surface area contributed by atoms with Gasteiger partial charge in [-0.05, 0) is 43.3 Å². The summed E-state index contributed by atoms with van der Waals surface area (Å²) in [7, 11) is 0. The first-order chi connectivity index (χ1) is 12.1. The third-order valence-electron chi connectivity index (χ3n) is 3.63. The molecule has 0 aliphatic rings. The maximum atomic E-state index is 12.3. The fourth-order valence-corrected chi connectivity index (χ4v) is 2.52. The summed E-state index contributed by atoms with van der Waals surface area (Å²) in [5.41, 5.74) is 0.0543. The maximum absolute atomic E-state index is 12.3. The van der Waals surface area contributed by atoms with Crippen LogP contribution in [-0.4, -0.2) is 22.1 Å². The van der Waals surface area contributed by atoms with Crippen LogP contribution in [0.5, 0.6) is 5.75 Å². The lowest BCUT2D eigenvalue weighted by molar-refractivity contribution is -0.116. The highest BCUT2D eigenvalue weighted by molar-refractivity contribution is 5.91. The summed E-state index contributed by atoms with van der Waals surface area (Å²) in [5.74, 6) is 0.305. The van der Waals surface area contributed by atoms with Crippen LogP contribution in [0.15, 0.2) is 58.1 Å². The number of amides is 1. The first-order valence-electron chi connectivity index (χ1n) is 7.83. The van der Waals surface area contributed by atoms with Gasteiger partial charge in [0.2, 0.25) is 5.91 Å². The molecule has 7 heteroatoms. The highest BCUT2D eigenvalue weighted by atomic mass is 16.5. The molecule has 3 aromatic rings. The molecule has 2 N–H and O–H groups in total. The van der Waals surface area contributed by atoms with Crippen LogP contribution in [0.1, 0.15) is 6.92 Å². The Morgan fingerprint density at radius 2 is 1.84 bits per heavy atom. The zero-order valence-corrected chi connectivity index (χ0v) is 13.6. The molecule has 1 heterocycles. The summed E-state index contributed by atoms with van der Waals surface area (Å²) < 4.78 is 6.51. The molecule has 2 aromatic carbocycles. The van der Waals surface area contributed by atoms with E-state index in [1.165, 1.54) is 0 Å². The van der Waals surface area contributed by atoms with Crippen LogP contribution in [0.4, 0.5) is 5.69 Å². The molecule has 0 radical (unpaired) electrons. The lowest BCUT2D eigenvalue weighted by atomic mass is 10.3. The van der Waals surface area contributed by atoms with Gasteiger partial charge in [0.15, 0.2) is 0 Å². The molecular formula is C18H17N3O4. The van der Waals surface area contributed by atoms with Gasteiger partial charge in [0.25, 0.3) is 0 Å². The van der Waals surface area contributed by atoms with Crippen molar-refractivity contribution in [3.05, 3.63) is 69.2 Å². The second-order valence-corrected chi connectivity index (χ2v) is 5.37. The molecule has 0 spiro atoms. The number of carbonyl (C=O) groups is 1. The van der Waals surface area contributed by atoms with Crippen molar-refractivity contribution in [2.24, 2.45) is 0 Å². The molecule has 1 aromatic heterocycles. The normalized spacial score (nSPS) is 10.6. The smallest absolute Gasteiger partial charge is 0.317 e. The van der Waals surface area contributed by atoms with Crippen LogP contribution >= 0.6 is 0 Å². The van der Waals surface area contributed by atoms with Crippen molar-refractivity contribution in [2.75, 3.05) is 11.9 Å². The van der Waals surface area contributed by atoms with Crippen molar-refractivity contribution in [2.45, 2.75) is 13.5 Å². The Hall–Kier alpha value is -3.35. The highest BCUT2D eigenvalue weighted by Crippen LogP contribution is 2.15. The molecule has 0 aliphatic heterocycles. The van der Waals surface area contributed by atoms with Gasteiger partial charge in [0.05, 0.1) is 17.6 Å². The number of nitrogens with one attached hydrogen (secondary N) is 2. The molecule has 0 atom stereocenters. The van der Waals surface area contributed by atoms with Crippen LogP contribution in [-0.2, 0) is 11.3 Å². The van der Waals surface area contributed by atoms with Crippen LogP contribution in [0.3, 0.4) is 0 Å². The van der Waals surface area contributed by atoms with E-state index >= 15 is 0 Å². The average Bonchev–Trinajstić information content (AvgIpc) is 2.61. The molecule has 0 bridgehead atoms. The van der Waals surface area contributed by atoms with Gasteiger partial charge in [0.1, 0.15) is 12.3 Å². The fourth-order valence-electron chi connectivity index (χ4n) is 2.52. The molecule has 0 saturated carbocycles. The van der Waals surface area contributed by atoms with Crippen molar-refractivity contribution in [3.63, 3.8) is 0 Å². The Kier molecular flexibility index (Phi) is 4.65. The quantitative estimate of drug-likeness (QED) is 0.692. The second kappa shape index (κ2) is 7.04. The van der Waals surface area contributed by atoms with E-state index in [4.69, 9.17) is 4.74 Å². The third-order valence-corrected chi connectivity index (χ3v) is 3.63. The largest absolute Gasteiger partial charge is 0.494 e. The Balaban J connectivity index is 1.84. The van der Waals surface area contributed by atoms with Gasteiger partial charge in [0, 0.05) is 5.69 Å². The van der Waals surface area contributed by atoms with Gasteiger partial charge < -0.3 is 15.0 Å². The number of hydrogen-bond acceptors (Lipinski definition) is 4. The molecule has 1 amide bonds. The predicted molar refractivity (Wildman–Crippen MR) is 95.1 cm³/mol. The lowest BCUT2D eigenvalue weighted by Gasteiger charge is -2.10. The van der Waals surface area contributed by atoms with Crippen LogP contribution in [0.25, 0.3) is 11.0 Å². The number of aromatic amines is 1. The van der Waals surface area contributed by atoms with Gasteiger partial charge in [-0.3, -0.25) is 19.0 Å². The van der Waals surface area contributed by atoms with E-state index in [0.717, 1.165) is 4.57 Å². The number of anilines is 1. The van der Waals surface area contributed by atoms with E-state index < -0.39 is 17.0 Å². The Morgan fingerprint density at radius 3 is 2.56 bits per heavy atom. The Labute approximate surface area is 142 Å². The zero-order valence-electron chi connectivity index (χ0n) is 13.6. The van der Waals surface area contributed by atoms with E-state index in [1.807, 2.05) is 6.92 Å². The Morgan fingerprint density at radius 1 is 1.12 bits per heavy atom. The third kappa shape index (κ3) is 3.60. The number of nitrogens with zero attached hydrogens (tertiary/aromatic N) is 1. The predicted octanol–water partition coefficient (Wildman–Crippen LogP) is 1.73. The van der Waals surface area contributed by atoms with Crippen molar-refractivity contribution in [1.29, 1.82) is 0 Å². The first kappa shape index (κ1) is 16.5. The van der Waals surface area contributed by atoms with Gasteiger partial charge >= 0.3 is 11.1 Å². The molecule has 0 saturated heterocycles. The molecule has 25 heavy (non-hydrogen) atoms. The van der Waals surface area contributed by atoms with Gasteiger partial charge in [-0.15, -0.1) is 0 Å². The molecule has 7 nitrogen and oxygen atoms in total. The molecule has 0 fully saturated rings. The number of benzene rings is 2. The van der Waals surface area contributed by atoms with Gasteiger partial charge in [-0.25, -0.2) is 0 Å². The molecule has 128 valence electrons. The van der Waals surface area contributed by atoms with Crippen LogP contribution < -0.4 is 21.2 Å². The average molecular weight is 339 g/mol. The number of rotatable bonds is 5. The van der Waals surface area contributed by atoms with Crippen molar-refractivity contribution < 1.29 is 9.53 Å². The minimum atomic E-state index is -0.763. The number of fused-ring (bicyclic) bond motifs is 1. The van der Waals surface area contributed by atoms with Crippen LogP contribution in [0.2, 0.25) is 0 Å². The number of para-hydroxylation sites is 2. The maximum Gasteiger partial charge on any atom is 0.317 e. The minimum Gasteiger partial charge on any atom is -0.494 e. The summed E-state index contributed by atoms with van der Waals surface area (Å²) in [6.07, 6.45) is 0. The Bertz CT molecular complexity index is 1020. The van der Waals surface area contributed by atoms with Crippen molar-refractivity contribution in [1.82, 2.24) is 9.55 Å². The summed E-state index contributed by atoms with van der Waals surface area (Å²) in [5, 5.41) is 2.70. The molecular weight excluding hydrogens is 322 g/mol. The standard InChI is InChI=1S/C18H17N3O4/c1-2-25-13-9-7-12(8-10-13)19-16(22)11-21-15-6-4-3-5-14(15)20-17(23)18(21)24/h3-10H,2,11H2,1H3,(H,19,22)(H,20,23). The SMILES string of the molecule is CCOc1ccc(NC(=O)Cn2c(=O)c(=O)[nH]c3ccccc32)cc1. The van der Waals surface area contributed by atoms with E-state index in [2.05, 4.69) is 10.3 Å². The number of aromatic nitrogens is 2. The second-order valence-electron chi connectivity index (χ2n) is 5.37. The number of H-pyrrole nitrogens is 1. The van der Waals surface area contributed by atoms with E-state index in [-0.39, 0.29) is 6.54 Å². The number of ether oxygens (including phenoxy) is 1. The molecule has 3 rings (SSSR count). The molecule has 0 unspecified atom stereocenters. The van der Waals surface area contributed by atoms with E-state index in [9.17, 15) is 14.4 Å². The summed E-state index contributed by atoms with van der Waals surface area (Å²) >= 11 is 0. The fraction of sp³-hybridized carbons (Fsp3) is 0.167. The summed E-state index contributed by atoms with van der Waals surface area (Å²) in [4.78, 5) is 38.7. The molecule has 0 aliphatic carbocycles. The van der Waals surface area contributed by atoms with Crippen LogP contribution in [0, 0.1) is 0 Å². The van der Waals surface area contributed by atoms with E-state index in [0.29, 0.717) is 29.1 Å². The number of hydrogen-bond donors (Lipinski definition) is 2. The van der Waals surface area contributed by atoms with Gasteiger partial charge in [-0.1, -0.05) is 12.1 Å². The van der Waals surface area contributed by atoms with Gasteiger partial charge in [-0.2, -0.15) is 0 Å². The number of carbonyl (C=O) groups excluding carboxylic acids is 1. The minimum absolute atomic E-state index is 0.253. The van der Waals surface area contributed by atoms with Crippen molar-refractivity contribution >= 4 is 22.6 Å².